The molecule has 1 aromatic heterocycles. The van der Waals surface area contributed by atoms with Crippen LogP contribution in [-0.4, -0.2) is 5.38 Å². The Balaban J connectivity index is 2.23. The Morgan fingerprint density at radius 3 is 2.77 bits per heavy atom. The minimum absolute atomic E-state index is 0.374. The van der Waals surface area contributed by atoms with E-state index in [2.05, 4.69) is 34.3 Å². The third-order valence-corrected chi connectivity index (χ3v) is 5.56. The summed E-state index contributed by atoms with van der Waals surface area (Å²) in [6.07, 6.45) is 2.41. The summed E-state index contributed by atoms with van der Waals surface area (Å²) in [6.45, 7) is 2.27. The third-order valence-electron chi connectivity index (χ3n) is 2.94. The zero-order valence-corrected chi connectivity index (χ0v) is 10.6. The lowest BCUT2D eigenvalue weighted by Crippen LogP contribution is -2.08. The summed E-state index contributed by atoms with van der Waals surface area (Å²) in [6, 6.07) is 2.13. The number of rotatable bonds is 1. The first-order valence-electron chi connectivity index (χ1n) is 4.57. The van der Waals surface area contributed by atoms with E-state index in [1.165, 1.54) is 15.8 Å². The minimum atomic E-state index is 0.374. The van der Waals surface area contributed by atoms with Crippen LogP contribution in [0, 0.1) is 5.92 Å². The molecule has 2 rings (SSSR count). The maximum absolute atomic E-state index is 6.22. The largest absolute Gasteiger partial charge is 0.147 e. The molecule has 0 radical (unpaired) electrons. The van der Waals surface area contributed by atoms with E-state index in [9.17, 15) is 0 Å². The molecule has 1 aromatic rings. The van der Waals surface area contributed by atoms with Crippen molar-refractivity contribution in [2.24, 2.45) is 5.92 Å². The van der Waals surface area contributed by atoms with Gasteiger partial charge in [0, 0.05) is 14.7 Å². The van der Waals surface area contributed by atoms with Crippen LogP contribution >= 0.6 is 38.9 Å². The van der Waals surface area contributed by atoms with Crippen molar-refractivity contribution in [1.29, 1.82) is 0 Å². The quantitative estimate of drug-likeness (QED) is 0.657. The molecule has 1 saturated carbocycles. The van der Waals surface area contributed by atoms with Crippen LogP contribution in [0.25, 0.3) is 0 Å². The van der Waals surface area contributed by atoms with Gasteiger partial charge in [0.2, 0.25) is 0 Å². The van der Waals surface area contributed by atoms with Crippen LogP contribution in [0.1, 0.15) is 30.6 Å². The Kier molecular flexibility index (Phi) is 3.01. The van der Waals surface area contributed by atoms with Crippen LogP contribution in [-0.2, 0) is 0 Å². The fraction of sp³-hybridized carbons (Fsp3) is 0.600. The van der Waals surface area contributed by atoms with Gasteiger partial charge in [-0.1, -0.05) is 6.92 Å². The monoisotopic (exact) mass is 278 g/mol. The lowest BCUT2D eigenvalue weighted by Gasteiger charge is -2.15. The average Bonchev–Trinajstić information content (AvgIpc) is 2.62. The highest BCUT2D eigenvalue weighted by Crippen LogP contribution is 2.46. The SMILES string of the molecule is CC1C(Cl)CCC1c1sccc1Br. The van der Waals surface area contributed by atoms with Crippen LogP contribution < -0.4 is 0 Å². The second-order valence-electron chi connectivity index (χ2n) is 3.69. The predicted molar refractivity (Wildman–Crippen MR) is 62.8 cm³/mol. The molecule has 1 aliphatic rings. The fourth-order valence-electron chi connectivity index (χ4n) is 2.06. The normalized spacial score (nSPS) is 33.9. The summed E-state index contributed by atoms with van der Waals surface area (Å²) in [5, 5.41) is 2.52. The molecule has 0 N–H and O–H groups in total. The van der Waals surface area contributed by atoms with E-state index in [0.717, 1.165) is 6.42 Å². The summed E-state index contributed by atoms with van der Waals surface area (Å²) in [7, 11) is 0. The predicted octanol–water partition coefficient (Wildman–Crippen LogP) is 4.63. The molecule has 0 bridgehead atoms. The summed E-state index contributed by atoms with van der Waals surface area (Å²) in [5.74, 6) is 1.30. The van der Waals surface area contributed by atoms with Crippen molar-refractivity contribution in [3.05, 3.63) is 20.8 Å². The Labute approximate surface area is 96.4 Å². The highest BCUT2D eigenvalue weighted by molar-refractivity contribution is 9.10. The second kappa shape index (κ2) is 3.92. The average molecular weight is 280 g/mol. The van der Waals surface area contributed by atoms with Gasteiger partial charge in [0.15, 0.2) is 0 Å². The maximum atomic E-state index is 6.22. The molecule has 0 spiro atoms. The highest BCUT2D eigenvalue weighted by atomic mass is 79.9. The zero-order valence-electron chi connectivity index (χ0n) is 7.47. The molecule has 13 heavy (non-hydrogen) atoms. The smallest absolute Gasteiger partial charge is 0.0368 e. The third kappa shape index (κ3) is 1.81. The molecule has 3 atom stereocenters. The van der Waals surface area contributed by atoms with Gasteiger partial charge < -0.3 is 0 Å². The zero-order chi connectivity index (χ0) is 9.42. The highest BCUT2D eigenvalue weighted by Gasteiger charge is 2.33. The van der Waals surface area contributed by atoms with Crippen LogP contribution in [0.3, 0.4) is 0 Å². The molecule has 3 unspecified atom stereocenters. The van der Waals surface area contributed by atoms with Crippen LogP contribution in [0.15, 0.2) is 15.9 Å². The van der Waals surface area contributed by atoms with E-state index < -0.39 is 0 Å². The first kappa shape index (κ1) is 10.0. The molecule has 72 valence electrons. The summed E-state index contributed by atoms with van der Waals surface area (Å²) in [4.78, 5) is 1.48. The number of alkyl halides is 1. The van der Waals surface area contributed by atoms with E-state index in [1.54, 1.807) is 0 Å². The molecule has 1 heterocycles. The Hall–Kier alpha value is 0.470. The number of hydrogen-bond donors (Lipinski definition) is 0. The van der Waals surface area contributed by atoms with Crippen molar-refractivity contribution in [2.45, 2.75) is 31.1 Å². The molecule has 0 aromatic carbocycles. The molecule has 0 amide bonds. The topological polar surface area (TPSA) is 0 Å². The van der Waals surface area contributed by atoms with Crippen molar-refractivity contribution < 1.29 is 0 Å². The maximum Gasteiger partial charge on any atom is 0.0368 e. The van der Waals surface area contributed by atoms with Gasteiger partial charge in [-0.2, -0.15) is 0 Å². The van der Waals surface area contributed by atoms with Crippen molar-refractivity contribution in [3.8, 4) is 0 Å². The van der Waals surface area contributed by atoms with Gasteiger partial charge in [0.05, 0.1) is 0 Å². The molecular weight excluding hydrogens is 268 g/mol. The van der Waals surface area contributed by atoms with Crippen LogP contribution in [0.5, 0.6) is 0 Å². The molecule has 3 heteroatoms. The van der Waals surface area contributed by atoms with Gasteiger partial charge in [-0.3, -0.25) is 0 Å². The first-order chi connectivity index (χ1) is 6.20. The molecule has 1 fully saturated rings. The van der Waals surface area contributed by atoms with Gasteiger partial charge in [-0.15, -0.1) is 22.9 Å². The Morgan fingerprint density at radius 2 is 2.31 bits per heavy atom. The molecule has 1 aliphatic carbocycles. The number of thiophene rings is 1. The van der Waals surface area contributed by atoms with Crippen molar-refractivity contribution in [3.63, 3.8) is 0 Å². The lowest BCUT2D eigenvalue weighted by molar-refractivity contribution is 0.543. The first-order valence-corrected chi connectivity index (χ1v) is 6.68. The van der Waals surface area contributed by atoms with E-state index in [0.29, 0.717) is 17.2 Å². The fourth-order valence-corrected chi connectivity index (χ4v) is 4.28. The van der Waals surface area contributed by atoms with Crippen molar-refractivity contribution in [1.82, 2.24) is 0 Å². The standard InChI is InChI=1S/C10H12BrClS/c1-6-7(2-3-9(6)12)10-8(11)4-5-13-10/h4-7,9H,2-3H2,1H3. The second-order valence-corrected chi connectivity index (χ2v) is 6.05. The van der Waals surface area contributed by atoms with Gasteiger partial charge in [0.1, 0.15) is 0 Å². The van der Waals surface area contributed by atoms with Gasteiger partial charge in [-0.25, -0.2) is 0 Å². The Morgan fingerprint density at radius 1 is 1.54 bits per heavy atom. The molecule has 0 aliphatic heterocycles. The number of hydrogen-bond acceptors (Lipinski definition) is 1. The van der Waals surface area contributed by atoms with Crippen molar-refractivity contribution in [2.75, 3.05) is 0 Å². The van der Waals surface area contributed by atoms with E-state index in [1.807, 2.05) is 11.3 Å². The van der Waals surface area contributed by atoms with Crippen LogP contribution in [0.2, 0.25) is 0 Å². The molecular formula is C10H12BrClS. The minimum Gasteiger partial charge on any atom is -0.147 e. The Bertz CT molecular complexity index is 297. The summed E-state index contributed by atoms with van der Waals surface area (Å²) < 4.78 is 1.26. The molecule has 0 nitrogen and oxygen atoms in total. The van der Waals surface area contributed by atoms with Gasteiger partial charge in [0.25, 0.3) is 0 Å². The summed E-state index contributed by atoms with van der Waals surface area (Å²) >= 11 is 11.7. The van der Waals surface area contributed by atoms with Gasteiger partial charge in [-0.05, 0) is 52.1 Å². The van der Waals surface area contributed by atoms with Crippen molar-refractivity contribution >= 4 is 38.9 Å². The van der Waals surface area contributed by atoms with E-state index in [-0.39, 0.29) is 0 Å². The molecule has 0 saturated heterocycles. The van der Waals surface area contributed by atoms with E-state index in [4.69, 9.17) is 11.6 Å². The van der Waals surface area contributed by atoms with Gasteiger partial charge >= 0.3 is 0 Å². The summed E-state index contributed by atoms with van der Waals surface area (Å²) in [5.41, 5.74) is 0. The lowest BCUT2D eigenvalue weighted by atomic mass is 9.96. The van der Waals surface area contributed by atoms with Crippen LogP contribution in [0.4, 0.5) is 0 Å². The number of halogens is 2. The van der Waals surface area contributed by atoms with E-state index >= 15 is 0 Å².